The normalized spacial score (nSPS) is 13.5. The van der Waals surface area contributed by atoms with Gasteiger partial charge in [0.15, 0.2) is 0 Å². The van der Waals surface area contributed by atoms with Crippen molar-refractivity contribution in [1.82, 2.24) is 5.32 Å². The SMILES string of the molecule is CCNC(C#N)(CC)CCCSc1ccccc1OC. The zero-order valence-electron chi connectivity index (χ0n) is 12.6. The second-order valence-corrected chi connectivity index (χ2v) is 5.82. The third-order valence-electron chi connectivity index (χ3n) is 3.41. The summed E-state index contributed by atoms with van der Waals surface area (Å²) < 4.78 is 5.34. The minimum Gasteiger partial charge on any atom is -0.496 e. The first kappa shape index (κ1) is 16.9. The maximum atomic E-state index is 9.37. The molecule has 0 saturated heterocycles. The molecule has 110 valence electrons. The fourth-order valence-corrected chi connectivity index (χ4v) is 3.17. The van der Waals surface area contributed by atoms with Gasteiger partial charge in [-0.1, -0.05) is 26.0 Å². The van der Waals surface area contributed by atoms with Crippen molar-refractivity contribution < 1.29 is 4.74 Å². The summed E-state index contributed by atoms with van der Waals surface area (Å²) in [7, 11) is 1.70. The Morgan fingerprint density at radius 3 is 2.70 bits per heavy atom. The van der Waals surface area contributed by atoms with E-state index in [1.165, 1.54) is 0 Å². The maximum Gasteiger partial charge on any atom is 0.132 e. The minimum absolute atomic E-state index is 0.365. The van der Waals surface area contributed by atoms with Crippen LogP contribution in [0.4, 0.5) is 0 Å². The first-order valence-electron chi connectivity index (χ1n) is 7.13. The van der Waals surface area contributed by atoms with Gasteiger partial charge in [0.25, 0.3) is 0 Å². The van der Waals surface area contributed by atoms with Crippen molar-refractivity contribution in [2.45, 2.75) is 43.5 Å². The largest absolute Gasteiger partial charge is 0.496 e. The van der Waals surface area contributed by atoms with Crippen LogP contribution in [-0.4, -0.2) is 24.9 Å². The lowest BCUT2D eigenvalue weighted by atomic mass is 9.92. The summed E-state index contributed by atoms with van der Waals surface area (Å²) in [4.78, 5) is 1.16. The number of benzene rings is 1. The number of hydrogen-bond donors (Lipinski definition) is 1. The molecule has 0 aliphatic heterocycles. The molecule has 1 N–H and O–H groups in total. The van der Waals surface area contributed by atoms with Gasteiger partial charge in [-0.05, 0) is 43.7 Å². The van der Waals surface area contributed by atoms with Gasteiger partial charge in [-0.3, -0.25) is 5.32 Å². The highest BCUT2D eigenvalue weighted by Crippen LogP contribution is 2.30. The highest BCUT2D eigenvalue weighted by molar-refractivity contribution is 7.99. The molecule has 0 heterocycles. The van der Waals surface area contributed by atoms with Crippen molar-refractivity contribution in [3.05, 3.63) is 24.3 Å². The van der Waals surface area contributed by atoms with Crippen molar-refractivity contribution >= 4 is 11.8 Å². The fourth-order valence-electron chi connectivity index (χ4n) is 2.20. The van der Waals surface area contributed by atoms with Crippen molar-refractivity contribution in [2.24, 2.45) is 0 Å². The van der Waals surface area contributed by atoms with Crippen LogP contribution in [0.2, 0.25) is 0 Å². The van der Waals surface area contributed by atoms with Crippen LogP contribution in [0.1, 0.15) is 33.1 Å². The van der Waals surface area contributed by atoms with E-state index >= 15 is 0 Å². The van der Waals surface area contributed by atoms with Crippen molar-refractivity contribution in [2.75, 3.05) is 19.4 Å². The van der Waals surface area contributed by atoms with Gasteiger partial charge in [0, 0.05) is 4.90 Å². The third kappa shape index (κ3) is 4.73. The molecule has 1 unspecified atom stereocenters. The number of thioether (sulfide) groups is 1. The van der Waals surface area contributed by atoms with Gasteiger partial charge < -0.3 is 4.74 Å². The lowest BCUT2D eigenvalue weighted by Crippen LogP contribution is -2.43. The highest BCUT2D eigenvalue weighted by atomic mass is 32.2. The molecule has 0 bridgehead atoms. The number of ether oxygens (including phenoxy) is 1. The number of methoxy groups -OCH3 is 1. The number of nitrogens with one attached hydrogen (secondary N) is 1. The molecule has 0 amide bonds. The van der Waals surface area contributed by atoms with Crippen LogP contribution in [-0.2, 0) is 0 Å². The van der Waals surface area contributed by atoms with Gasteiger partial charge in [0.1, 0.15) is 11.3 Å². The maximum absolute atomic E-state index is 9.37. The van der Waals surface area contributed by atoms with Crippen LogP contribution in [0.5, 0.6) is 5.75 Å². The Balaban J connectivity index is 2.46. The van der Waals surface area contributed by atoms with Crippen LogP contribution in [0.3, 0.4) is 0 Å². The molecule has 0 aliphatic rings. The van der Waals surface area contributed by atoms with Gasteiger partial charge >= 0.3 is 0 Å². The minimum atomic E-state index is -0.365. The summed E-state index contributed by atoms with van der Waals surface area (Å²) in [6.45, 7) is 4.95. The number of nitrogens with zero attached hydrogens (tertiary/aromatic N) is 1. The van der Waals surface area contributed by atoms with Gasteiger partial charge in [0.05, 0.1) is 13.2 Å². The predicted molar refractivity (Wildman–Crippen MR) is 85.3 cm³/mol. The monoisotopic (exact) mass is 292 g/mol. The number of para-hydroxylation sites is 1. The molecule has 0 aliphatic carbocycles. The van der Waals surface area contributed by atoms with Crippen molar-refractivity contribution in [3.8, 4) is 11.8 Å². The first-order chi connectivity index (χ1) is 9.71. The standard InChI is InChI=1S/C16H24N2OS/c1-4-16(13-17,18-5-2)11-8-12-20-15-10-7-6-9-14(15)19-3/h6-7,9-10,18H,4-5,8,11-12H2,1-3H3. The quantitative estimate of drug-likeness (QED) is 0.554. The lowest BCUT2D eigenvalue weighted by Gasteiger charge is -2.25. The Hall–Kier alpha value is -1.18. The molecule has 1 rings (SSSR count). The van der Waals surface area contributed by atoms with Crippen LogP contribution in [0.25, 0.3) is 0 Å². The van der Waals surface area contributed by atoms with E-state index in [1.807, 2.05) is 25.1 Å². The fraction of sp³-hybridized carbons (Fsp3) is 0.562. The molecule has 3 nitrogen and oxygen atoms in total. The summed E-state index contributed by atoms with van der Waals surface area (Å²) in [6.07, 6.45) is 2.74. The zero-order valence-corrected chi connectivity index (χ0v) is 13.4. The molecule has 1 atom stereocenters. The Labute approximate surface area is 126 Å². The average molecular weight is 292 g/mol. The van der Waals surface area contributed by atoms with Crippen molar-refractivity contribution in [1.29, 1.82) is 5.26 Å². The Morgan fingerprint density at radius 2 is 2.10 bits per heavy atom. The average Bonchev–Trinajstić information content (AvgIpc) is 2.51. The first-order valence-corrected chi connectivity index (χ1v) is 8.12. The molecular formula is C16H24N2OS. The summed E-state index contributed by atoms with van der Waals surface area (Å²) in [5, 5.41) is 12.7. The molecule has 0 fully saturated rings. The predicted octanol–water partition coefficient (Wildman–Crippen LogP) is 3.85. The second kappa shape index (κ2) is 8.89. The van der Waals surface area contributed by atoms with E-state index in [2.05, 4.69) is 24.4 Å². The molecule has 0 spiro atoms. The van der Waals surface area contributed by atoms with E-state index in [9.17, 15) is 5.26 Å². The van der Waals surface area contributed by atoms with Gasteiger partial charge in [0.2, 0.25) is 0 Å². The topological polar surface area (TPSA) is 45.0 Å². The number of rotatable bonds is 9. The molecular weight excluding hydrogens is 268 g/mol. The van der Waals surface area contributed by atoms with E-state index in [1.54, 1.807) is 18.9 Å². The van der Waals surface area contributed by atoms with Crippen LogP contribution < -0.4 is 10.1 Å². The zero-order chi connectivity index (χ0) is 14.8. The molecule has 4 heteroatoms. The van der Waals surface area contributed by atoms with Gasteiger partial charge in [-0.2, -0.15) is 5.26 Å². The lowest BCUT2D eigenvalue weighted by molar-refractivity contribution is 0.379. The molecule has 0 saturated carbocycles. The van der Waals surface area contributed by atoms with E-state index in [4.69, 9.17) is 4.74 Å². The Morgan fingerprint density at radius 1 is 1.35 bits per heavy atom. The van der Waals surface area contributed by atoms with Gasteiger partial charge in [-0.25, -0.2) is 0 Å². The number of hydrogen-bond acceptors (Lipinski definition) is 4. The van der Waals surface area contributed by atoms with Crippen LogP contribution in [0, 0.1) is 11.3 Å². The van der Waals surface area contributed by atoms with Gasteiger partial charge in [-0.15, -0.1) is 11.8 Å². The van der Waals surface area contributed by atoms with E-state index < -0.39 is 0 Å². The molecule has 0 aromatic heterocycles. The summed E-state index contributed by atoms with van der Waals surface area (Å²) in [5.74, 6) is 1.92. The van der Waals surface area contributed by atoms with E-state index in [-0.39, 0.29) is 5.54 Å². The van der Waals surface area contributed by atoms with Crippen LogP contribution >= 0.6 is 11.8 Å². The molecule has 20 heavy (non-hydrogen) atoms. The summed E-state index contributed by atoms with van der Waals surface area (Å²) >= 11 is 1.79. The third-order valence-corrected chi connectivity index (χ3v) is 4.55. The number of nitriles is 1. The van der Waals surface area contributed by atoms with E-state index in [0.717, 1.165) is 42.2 Å². The second-order valence-electron chi connectivity index (χ2n) is 4.68. The molecule has 1 aromatic rings. The Bertz CT molecular complexity index is 444. The van der Waals surface area contributed by atoms with Crippen LogP contribution in [0.15, 0.2) is 29.2 Å². The summed E-state index contributed by atoms with van der Waals surface area (Å²) in [5.41, 5.74) is -0.365. The smallest absolute Gasteiger partial charge is 0.132 e. The van der Waals surface area contributed by atoms with Crippen molar-refractivity contribution in [3.63, 3.8) is 0 Å². The highest BCUT2D eigenvalue weighted by Gasteiger charge is 2.25. The van der Waals surface area contributed by atoms with E-state index in [0.29, 0.717) is 0 Å². The Kier molecular flexibility index (Phi) is 7.50. The molecule has 1 aromatic carbocycles. The summed E-state index contributed by atoms with van der Waals surface area (Å²) in [6, 6.07) is 10.5. The molecule has 0 radical (unpaired) electrons.